The molecular weight excluding hydrogens is 426 g/mol. The summed E-state index contributed by atoms with van der Waals surface area (Å²) in [5.74, 6) is -2.91. The highest BCUT2D eigenvalue weighted by Gasteiger charge is 2.62. The van der Waals surface area contributed by atoms with Crippen molar-refractivity contribution in [3.63, 3.8) is 0 Å². The van der Waals surface area contributed by atoms with Crippen molar-refractivity contribution in [2.45, 2.75) is 0 Å². The topological polar surface area (TPSA) is 74.7 Å². The molecule has 2 amide bonds. The van der Waals surface area contributed by atoms with Gasteiger partial charge in [0.15, 0.2) is 0 Å². The number of carboxylic acid groups (broad SMARTS) is 1. The average molecular weight is 447 g/mol. The van der Waals surface area contributed by atoms with Crippen LogP contribution in [0.4, 0.5) is 5.69 Å². The van der Waals surface area contributed by atoms with Crippen LogP contribution in [0, 0.1) is 23.7 Å². The summed E-state index contributed by atoms with van der Waals surface area (Å²) in [6.07, 6.45) is 4.13. The smallest absolute Gasteiger partial charge is 0.335 e. The van der Waals surface area contributed by atoms with Crippen molar-refractivity contribution in [2.75, 3.05) is 4.90 Å². The number of carboxylic acids is 1. The number of anilines is 1. The molecule has 4 atom stereocenters. The average Bonchev–Trinajstić information content (AvgIpc) is 3.50. The summed E-state index contributed by atoms with van der Waals surface area (Å²) in [7, 11) is 0. The van der Waals surface area contributed by atoms with E-state index in [-0.39, 0.29) is 29.2 Å². The Morgan fingerprint density at radius 3 is 1.68 bits per heavy atom. The Hall–Kier alpha value is -4.25. The van der Waals surface area contributed by atoms with E-state index in [0.717, 1.165) is 22.3 Å². The van der Waals surface area contributed by atoms with Crippen LogP contribution in [-0.2, 0) is 9.59 Å². The van der Waals surface area contributed by atoms with E-state index in [9.17, 15) is 19.5 Å². The van der Waals surface area contributed by atoms with Gasteiger partial charge in [0.05, 0.1) is 23.1 Å². The lowest BCUT2D eigenvalue weighted by Crippen LogP contribution is -2.33. The second-order valence-corrected chi connectivity index (χ2v) is 8.92. The van der Waals surface area contributed by atoms with Gasteiger partial charge in [-0.3, -0.25) is 9.59 Å². The van der Waals surface area contributed by atoms with Crippen molar-refractivity contribution >= 4 is 29.0 Å². The number of amides is 2. The van der Waals surface area contributed by atoms with Gasteiger partial charge in [-0.25, -0.2) is 9.69 Å². The first-order valence-electron chi connectivity index (χ1n) is 11.3. The fourth-order valence-corrected chi connectivity index (χ4v) is 5.84. The van der Waals surface area contributed by atoms with Gasteiger partial charge in [-0.2, -0.15) is 0 Å². The highest BCUT2D eigenvalue weighted by Crippen LogP contribution is 2.58. The van der Waals surface area contributed by atoms with Crippen LogP contribution in [0.15, 0.2) is 103 Å². The molecule has 1 saturated heterocycles. The summed E-state index contributed by atoms with van der Waals surface area (Å²) in [6, 6.07) is 26.2. The van der Waals surface area contributed by atoms with Crippen LogP contribution in [0.3, 0.4) is 0 Å². The van der Waals surface area contributed by atoms with E-state index in [2.05, 4.69) is 36.4 Å². The number of fused-ring (bicyclic) bond motifs is 5. The highest BCUT2D eigenvalue weighted by atomic mass is 16.4. The molecule has 3 aliphatic rings. The Labute approximate surface area is 196 Å². The summed E-state index contributed by atoms with van der Waals surface area (Å²) in [6.45, 7) is 0. The molecule has 2 fully saturated rings. The number of benzene rings is 3. The van der Waals surface area contributed by atoms with Crippen molar-refractivity contribution in [2.24, 2.45) is 23.7 Å². The molecule has 1 saturated carbocycles. The van der Waals surface area contributed by atoms with E-state index in [1.165, 1.54) is 17.0 Å². The number of hydrogen-bond donors (Lipinski definition) is 1. The quantitative estimate of drug-likeness (QED) is 0.460. The molecule has 34 heavy (non-hydrogen) atoms. The Morgan fingerprint density at radius 1 is 0.676 bits per heavy atom. The van der Waals surface area contributed by atoms with Crippen LogP contribution < -0.4 is 4.90 Å². The second-order valence-electron chi connectivity index (χ2n) is 8.92. The molecular formula is C29H21NO4. The normalized spacial score (nSPS) is 24.6. The van der Waals surface area contributed by atoms with Crippen molar-refractivity contribution in [3.05, 3.63) is 119 Å². The summed E-state index contributed by atoms with van der Waals surface area (Å²) in [4.78, 5) is 39.8. The van der Waals surface area contributed by atoms with Gasteiger partial charge in [0.1, 0.15) is 0 Å². The van der Waals surface area contributed by atoms with Crippen LogP contribution in [0.5, 0.6) is 0 Å². The number of rotatable bonds is 4. The van der Waals surface area contributed by atoms with E-state index in [0.29, 0.717) is 5.69 Å². The number of imide groups is 1. The number of carbonyl (C=O) groups is 3. The Bertz CT molecular complexity index is 1310. The molecule has 3 aromatic carbocycles. The van der Waals surface area contributed by atoms with Gasteiger partial charge in [-0.15, -0.1) is 0 Å². The number of nitrogens with zero attached hydrogens (tertiary/aromatic N) is 1. The van der Waals surface area contributed by atoms with Gasteiger partial charge in [-0.05, 0) is 40.5 Å². The Kier molecular flexibility index (Phi) is 4.59. The molecule has 0 aromatic heterocycles. The predicted octanol–water partition coefficient (Wildman–Crippen LogP) is 4.81. The minimum absolute atomic E-state index is 0.0484. The van der Waals surface area contributed by atoms with Gasteiger partial charge in [0, 0.05) is 11.8 Å². The van der Waals surface area contributed by atoms with Crippen LogP contribution in [0.2, 0.25) is 0 Å². The van der Waals surface area contributed by atoms with Gasteiger partial charge >= 0.3 is 5.97 Å². The van der Waals surface area contributed by atoms with Crippen LogP contribution in [-0.4, -0.2) is 22.9 Å². The molecule has 5 heteroatoms. The number of aromatic carboxylic acids is 1. The van der Waals surface area contributed by atoms with E-state index >= 15 is 0 Å². The van der Waals surface area contributed by atoms with Crippen molar-refractivity contribution in [3.8, 4) is 0 Å². The third kappa shape index (κ3) is 2.90. The molecule has 1 aliphatic heterocycles. The number of hydrogen-bond acceptors (Lipinski definition) is 3. The molecule has 5 nitrogen and oxygen atoms in total. The van der Waals surface area contributed by atoms with E-state index in [1.54, 1.807) is 12.1 Å². The predicted molar refractivity (Wildman–Crippen MR) is 128 cm³/mol. The Balaban J connectivity index is 1.47. The maximum Gasteiger partial charge on any atom is 0.335 e. The molecule has 2 aliphatic carbocycles. The maximum atomic E-state index is 13.6. The molecule has 0 radical (unpaired) electrons. The molecule has 1 N–H and O–H groups in total. The Morgan fingerprint density at radius 2 is 1.18 bits per heavy atom. The molecule has 166 valence electrons. The highest BCUT2D eigenvalue weighted by molar-refractivity contribution is 6.23. The number of carbonyl (C=O) groups excluding carboxylic acids is 2. The molecule has 2 bridgehead atoms. The first kappa shape index (κ1) is 20.4. The summed E-state index contributed by atoms with van der Waals surface area (Å²) < 4.78 is 0. The molecule has 1 heterocycles. The van der Waals surface area contributed by atoms with Crippen LogP contribution in [0.25, 0.3) is 5.57 Å². The van der Waals surface area contributed by atoms with Crippen LogP contribution in [0.1, 0.15) is 21.5 Å². The zero-order valence-electron chi connectivity index (χ0n) is 18.2. The third-order valence-corrected chi connectivity index (χ3v) is 7.18. The van der Waals surface area contributed by atoms with E-state index < -0.39 is 17.8 Å². The molecule has 0 spiro atoms. The minimum Gasteiger partial charge on any atom is -0.478 e. The first-order valence-corrected chi connectivity index (χ1v) is 11.3. The van der Waals surface area contributed by atoms with Gasteiger partial charge in [-0.1, -0.05) is 78.9 Å². The zero-order chi connectivity index (χ0) is 23.4. The monoisotopic (exact) mass is 447 g/mol. The minimum atomic E-state index is -1.09. The standard InChI is InChI=1S/C29H21NO4/c31-27-25-21-14-15-22(26(25)28(32)30(27)20-13-7-12-19(16-20)29(33)34)24(21)23(17-8-3-1-4-9-17)18-10-5-2-6-11-18/h1-16,21-22,25-26H,(H,33,34)/t21-,22-,25-,26-/m0/s1. The fraction of sp³-hybridized carbons (Fsp3) is 0.138. The van der Waals surface area contributed by atoms with Gasteiger partial charge in [0.25, 0.3) is 0 Å². The van der Waals surface area contributed by atoms with Crippen molar-refractivity contribution in [1.82, 2.24) is 0 Å². The lowest BCUT2D eigenvalue weighted by molar-refractivity contribution is -0.122. The fourth-order valence-electron chi connectivity index (χ4n) is 5.84. The largest absolute Gasteiger partial charge is 0.478 e. The third-order valence-electron chi connectivity index (χ3n) is 7.18. The summed E-state index contributed by atoms with van der Waals surface area (Å²) in [5, 5.41) is 9.35. The zero-order valence-corrected chi connectivity index (χ0v) is 18.2. The molecule has 0 unspecified atom stereocenters. The van der Waals surface area contributed by atoms with Crippen molar-refractivity contribution in [1.29, 1.82) is 0 Å². The first-order chi connectivity index (χ1) is 16.6. The van der Waals surface area contributed by atoms with Gasteiger partial charge < -0.3 is 5.11 Å². The SMILES string of the molecule is O=C(O)c1cccc(N2C(=O)[C@@H]3[C@@H](C2=O)[C@H]2C=C[C@H]3C2=C(c2ccccc2)c2ccccc2)c1. The van der Waals surface area contributed by atoms with Gasteiger partial charge in [0.2, 0.25) is 11.8 Å². The maximum absolute atomic E-state index is 13.6. The molecule has 3 aromatic rings. The summed E-state index contributed by atoms with van der Waals surface area (Å²) in [5.41, 5.74) is 4.69. The van der Waals surface area contributed by atoms with E-state index in [4.69, 9.17) is 0 Å². The lowest BCUT2D eigenvalue weighted by Gasteiger charge is -2.21. The number of allylic oxidation sites excluding steroid dienone is 3. The lowest BCUT2D eigenvalue weighted by atomic mass is 9.85. The van der Waals surface area contributed by atoms with Crippen LogP contribution >= 0.6 is 0 Å². The second kappa shape index (κ2) is 7.66. The van der Waals surface area contributed by atoms with Crippen molar-refractivity contribution < 1.29 is 19.5 Å². The molecule has 6 rings (SSSR count). The van der Waals surface area contributed by atoms with E-state index in [1.807, 2.05) is 36.4 Å². The summed E-state index contributed by atoms with van der Waals surface area (Å²) >= 11 is 0.